The molecule has 6 heteroatoms. The van der Waals surface area contributed by atoms with Crippen LogP contribution < -0.4 is 5.32 Å². The van der Waals surface area contributed by atoms with Crippen LogP contribution in [-0.2, 0) is 13.0 Å². The van der Waals surface area contributed by atoms with Crippen molar-refractivity contribution in [2.24, 2.45) is 10.9 Å². The maximum Gasteiger partial charge on any atom is 0.193 e. The molecule has 1 unspecified atom stereocenters. The van der Waals surface area contributed by atoms with Gasteiger partial charge < -0.3 is 10.2 Å². The molecule has 2 aromatic rings. The van der Waals surface area contributed by atoms with Crippen LogP contribution in [0.25, 0.3) is 0 Å². The summed E-state index contributed by atoms with van der Waals surface area (Å²) in [5.41, 5.74) is 2.51. The van der Waals surface area contributed by atoms with Crippen molar-refractivity contribution in [3.05, 3.63) is 64.9 Å². The summed E-state index contributed by atoms with van der Waals surface area (Å²) >= 11 is 5.82. The summed E-state index contributed by atoms with van der Waals surface area (Å²) < 4.78 is 0. The minimum Gasteiger partial charge on any atom is -0.352 e. The molecule has 1 aromatic heterocycles. The molecule has 1 aliphatic heterocycles. The number of pyridine rings is 1. The molecule has 0 amide bonds. The van der Waals surface area contributed by atoms with E-state index in [-0.39, 0.29) is 24.0 Å². The van der Waals surface area contributed by atoms with Crippen LogP contribution in [0, 0.1) is 5.92 Å². The van der Waals surface area contributed by atoms with Crippen molar-refractivity contribution in [1.29, 1.82) is 0 Å². The number of halogens is 2. The molecule has 0 bridgehead atoms. The van der Waals surface area contributed by atoms with Crippen molar-refractivity contribution in [3.8, 4) is 0 Å². The summed E-state index contributed by atoms with van der Waals surface area (Å²) in [6.45, 7) is 2.81. The summed E-state index contributed by atoms with van der Waals surface area (Å²) in [6, 6.07) is 14.5. The van der Waals surface area contributed by atoms with E-state index < -0.39 is 0 Å². The molecule has 0 radical (unpaired) electrons. The number of rotatable bonds is 4. The molecule has 0 aliphatic carbocycles. The highest BCUT2D eigenvalue weighted by Crippen LogP contribution is 2.21. The first-order chi connectivity index (χ1) is 11.7. The zero-order valence-corrected chi connectivity index (χ0v) is 17.4. The second kappa shape index (κ2) is 9.97. The highest BCUT2D eigenvalue weighted by Gasteiger charge is 2.24. The molecule has 1 N–H and O–H groups in total. The lowest BCUT2D eigenvalue weighted by atomic mass is 9.99. The topological polar surface area (TPSA) is 40.5 Å². The third-order valence-electron chi connectivity index (χ3n) is 4.40. The molecule has 134 valence electrons. The molecule has 4 nitrogen and oxygen atoms in total. The number of aromatic nitrogens is 1. The third-order valence-corrected chi connectivity index (χ3v) is 4.63. The molecule has 1 saturated heterocycles. The van der Waals surface area contributed by atoms with E-state index >= 15 is 0 Å². The fourth-order valence-corrected chi connectivity index (χ4v) is 3.28. The van der Waals surface area contributed by atoms with E-state index in [1.165, 1.54) is 12.0 Å². The van der Waals surface area contributed by atoms with E-state index in [9.17, 15) is 0 Å². The van der Waals surface area contributed by atoms with Crippen LogP contribution >= 0.6 is 35.6 Å². The standard InChI is InChI=1S/C19H23ClN4.HI/c1-21-19(23-13-17-7-8-18(20)22-12-17)24-10-9-16(14-24)11-15-5-3-2-4-6-15;/h2-8,12,16H,9-11,13-14H2,1H3,(H,21,23);1H. The Morgan fingerprint density at radius 2 is 2.04 bits per heavy atom. The summed E-state index contributed by atoms with van der Waals surface area (Å²) in [5.74, 6) is 1.64. The van der Waals surface area contributed by atoms with Gasteiger partial charge in [0.2, 0.25) is 0 Å². The van der Waals surface area contributed by atoms with Gasteiger partial charge in [0.15, 0.2) is 5.96 Å². The molecule has 25 heavy (non-hydrogen) atoms. The average molecular weight is 471 g/mol. The van der Waals surface area contributed by atoms with Gasteiger partial charge in [-0.15, -0.1) is 24.0 Å². The molecular weight excluding hydrogens is 447 g/mol. The first-order valence-corrected chi connectivity index (χ1v) is 8.72. The molecule has 1 aliphatic rings. The second-order valence-electron chi connectivity index (χ2n) is 6.18. The number of likely N-dealkylation sites (tertiary alicyclic amines) is 1. The minimum absolute atomic E-state index is 0. The molecule has 1 atom stereocenters. The molecule has 2 heterocycles. The Kier molecular flexibility index (Phi) is 7.96. The van der Waals surface area contributed by atoms with Gasteiger partial charge in [-0.05, 0) is 36.0 Å². The highest BCUT2D eigenvalue weighted by molar-refractivity contribution is 14.0. The lowest BCUT2D eigenvalue weighted by Gasteiger charge is -2.21. The van der Waals surface area contributed by atoms with Crippen LogP contribution in [0.4, 0.5) is 0 Å². The van der Waals surface area contributed by atoms with Gasteiger partial charge >= 0.3 is 0 Å². The average Bonchev–Trinajstić information content (AvgIpc) is 3.06. The highest BCUT2D eigenvalue weighted by atomic mass is 127. The number of aliphatic imine (C=N–C) groups is 1. The fourth-order valence-electron chi connectivity index (χ4n) is 3.16. The van der Waals surface area contributed by atoms with Crippen LogP contribution in [0.15, 0.2) is 53.7 Å². The van der Waals surface area contributed by atoms with Gasteiger partial charge in [-0.3, -0.25) is 4.99 Å². The fraction of sp³-hybridized carbons (Fsp3) is 0.368. The molecule has 1 fully saturated rings. The van der Waals surface area contributed by atoms with Crippen molar-refractivity contribution in [2.75, 3.05) is 20.1 Å². The van der Waals surface area contributed by atoms with Gasteiger partial charge in [0.1, 0.15) is 5.15 Å². The lowest BCUT2D eigenvalue weighted by molar-refractivity contribution is 0.460. The van der Waals surface area contributed by atoms with Gasteiger partial charge in [0.25, 0.3) is 0 Å². The zero-order valence-electron chi connectivity index (χ0n) is 14.4. The van der Waals surface area contributed by atoms with Crippen molar-refractivity contribution in [3.63, 3.8) is 0 Å². The number of nitrogens with zero attached hydrogens (tertiary/aromatic N) is 3. The van der Waals surface area contributed by atoms with Crippen LogP contribution in [0.5, 0.6) is 0 Å². The van der Waals surface area contributed by atoms with Crippen LogP contribution in [-0.4, -0.2) is 36.0 Å². The Bertz CT molecular complexity index is 676. The Hall–Kier alpha value is -1.34. The van der Waals surface area contributed by atoms with Gasteiger partial charge in [-0.2, -0.15) is 0 Å². The largest absolute Gasteiger partial charge is 0.352 e. The molecular formula is C19H24ClIN4. The predicted molar refractivity (Wildman–Crippen MR) is 115 cm³/mol. The zero-order chi connectivity index (χ0) is 16.8. The molecule has 0 saturated carbocycles. The van der Waals surface area contributed by atoms with E-state index in [1.54, 1.807) is 6.20 Å². The maximum absolute atomic E-state index is 5.82. The Labute approximate surface area is 171 Å². The maximum atomic E-state index is 5.82. The lowest BCUT2D eigenvalue weighted by Crippen LogP contribution is -2.39. The quantitative estimate of drug-likeness (QED) is 0.318. The van der Waals surface area contributed by atoms with Crippen molar-refractivity contribution in [1.82, 2.24) is 15.2 Å². The van der Waals surface area contributed by atoms with E-state index in [4.69, 9.17) is 11.6 Å². The Morgan fingerprint density at radius 1 is 1.24 bits per heavy atom. The van der Waals surface area contributed by atoms with Gasteiger partial charge in [0.05, 0.1) is 0 Å². The number of guanidine groups is 1. The number of benzene rings is 1. The predicted octanol–water partition coefficient (Wildman–Crippen LogP) is 3.99. The van der Waals surface area contributed by atoms with Crippen LogP contribution in [0.3, 0.4) is 0 Å². The van der Waals surface area contributed by atoms with Gasteiger partial charge in [0, 0.05) is 32.9 Å². The first kappa shape index (κ1) is 20.0. The van der Waals surface area contributed by atoms with E-state index in [0.29, 0.717) is 17.6 Å². The van der Waals surface area contributed by atoms with Crippen molar-refractivity contribution >= 4 is 41.5 Å². The third kappa shape index (κ3) is 5.85. The Balaban J connectivity index is 0.00000225. The molecule has 3 rings (SSSR count). The number of nitrogens with one attached hydrogen (secondary N) is 1. The molecule has 1 aromatic carbocycles. The van der Waals surface area contributed by atoms with Gasteiger partial charge in [-0.1, -0.05) is 48.0 Å². The molecule has 0 spiro atoms. The summed E-state index contributed by atoms with van der Waals surface area (Å²) in [5, 5.41) is 3.94. The van der Waals surface area contributed by atoms with Crippen LogP contribution in [0.1, 0.15) is 17.5 Å². The van der Waals surface area contributed by atoms with Gasteiger partial charge in [-0.25, -0.2) is 4.98 Å². The van der Waals surface area contributed by atoms with Crippen LogP contribution in [0.2, 0.25) is 5.15 Å². The minimum atomic E-state index is 0. The smallest absolute Gasteiger partial charge is 0.193 e. The first-order valence-electron chi connectivity index (χ1n) is 8.34. The van der Waals surface area contributed by atoms with E-state index in [2.05, 4.69) is 50.5 Å². The SMILES string of the molecule is CN=C(NCc1ccc(Cl)nc1)N1CCC(Cc2ccccc2)C1.I. The summed E-state index contributed by atoms with van der Waals surface area (Å²) in [6.07, 6.45) is 4.14. The monoisotopic (exact) mass is 470 g/mol. The normalized spacial score (nSPS) is 17.3. The summed E-state index contributed by atoms with van der Waals surface area (Å²) in [4.78, 5) is 10.9. The Morgan fingerprint density at radius 3 is 2.72 bits per heavy atom. The van der Waals surface area contributed by atoms with E-state index in [1.807, 2.05) is 19.2 Å². The summed E-state index contributed by atoms with van der Waals surface area (Å²) in [7, 11) is 1.84. The number of hydrogen-bond donors (Lipinski definition) is 1. The van der Waals surface area contributed by atoms with Crippen molar-refractivity contribution < 1.29 is 0 Å². The number of hydrogen-bond acceptors (Lipinski definition) is 2. The second-order valence-corrected chi connectivity index (χ2v) is 6.57. The van der Waals surface area contributed by atoms with E-state index in [0.717, 1.165) is 31.0 Å². The van der Waals surface area contributed by atoms with Crippen molar-refractivity contribution in [2.45, 2.75) is 19.4 Å².